The Kier molecular flexibility index (Phi) is 3.48. The first kappa shape index (κ1) is 10.3. The molecule has 0 saturated heterocycles. The van der Waals surface area contributed by atoms with Gasteiger partial charge in [-0.15, -0.1) is 6.58 Å². The number of amides is 1. The van der Waals surface area contributed by atoms with Crippen LogP contribution in [-0.2, 0) is 9.53 Å². The van der Waals surface area contributed by atoms with Gasteiger partial charge in [0.15, 0.2) is 0 Å². The zero-order chi connectivity index (χ0) is 9.84. The molecule has 74 valence electrons. The molecule has 0 N–H and O–H groups in total. The molecule has 1 rings (SSSR count). The van der Waals surface area contributed by atoms with Crippen LogP contribution in [0.5, 0.6) is 0 Å². The van der Waals surface area contributed by atoms with Crippen molar-refractivity contribution in [2.45, 2.75) is 31.9 Å². The molecule has 1 amide bonds. The predicted octanol–water partition coefficient (Wildman–Crippen LogP) is 1.20. The molecule has 0 aliphatic heterocycles. The third-order valence-corrected chi connectivity index (χ3v) is 2.30. The van der Waals surface area contributed by atoms with Crippen LogP contribution >= 0.6 is 0 Å². The molecule has 1 fully saturated rings. The van der Waals surface area contributed by atoms with Crippen molar-refractivity contribution in [2.75, 3.05) is 13.7 Å². The van der Waals surface area contributed by atoms with E-state index in [0.717, 1.165) is 12.8 Å². The fourth-order valence-corrected chi connectivity index (χ4v) is 1.28. The maximum Gasteiger partial charge on any atom is 0.251 e. The lowest BCUT2D eigenvalue weighted by Gasteiger charge is -2.23. The second kappa shape index (κ2) is 4.42. The molecule has 0 spiro atoms. The number of carbonyl (C=O) groups is 1. The largest absolute Gasteiger partial charge is 0.372 e. The monoisotopic (exact) mass is 183 g/mol. The van der Waals surface area contributed by atoms with E-state index in [0.29, 0.717) is 12.6 Å². The van der Waals surface area contributed by atoms with Gasteiger partial charge in [-0.05, 0) is 19.8 Å². The molecule has 0 heterocycles. The predicted molar refractivity (Wildman–Crippen MR) is 51.4 cm³/mol. The van der Waals surface area contributed by atoms with Gasteiger partial charge < -0.3 is 9.64 Å². The molecular formula is C10H17NO2. The molecule has 1 unspecified atom stereocenters. The first-order valence-corrected chi connectivity index (χ1v) is 4.65. The van der Waals surface area contributed by atoms with Crippen LogP contribution in [0.1, 0.15) is 19.8 Å². The van der Waals surface area contributed by atoms with E-state index in [4.69, 9.17) is 4.74 Å². The van der Waals surface area contributed by atoms with Gasteiger partial charge in [0.2, 0.25) is 0 Å². The summed E-state index contributed by atoms with van der Waals surface area (Å²) in [6.45, 7) is 6.06. The van der Waals surface area contributed by atoms with Crippen molar-refractivity contribution in [3.8, 4) is 0 Å². The van der Waals surface area contributed by atoms with E-state index in [2.05, 4.69) is 6.58 Å². The van der Waals surface area contributed by atoms with Crippen LogP contribution in [0.3, 0.4) is 0 Å². The molecule has 1 aliphatic carbocycles. The minimum Gasteiger partial charge on any atom is -0.372 e. The molecule has 0 radical (unpaired) electrons. The number of ether oxygens (including phenoxy) is 1. The Morgan fingerprint density at radius 2 is 2.38 bits per heavy atom. The van der Waals surface area contributed by atoms with Gasteiger partial charge in [0.25, 0.3) is 5.91 Å². The molecule has 0 aromatic heterocycles. The minimum absolute atomic E-state index is 0.0740. The molecule has 3 nitrogen and oxygen atoms in total. The van der Waals surface area contributed by atoms with Crippen molar-refractivity contribution in [3.63, 3.8) is 0 Å². The van der Waals surface area contributed by atoms with E-state index in [1.165, 1.54) is 0 Å². The van der Waals surface area contributed by atoms with E-state index in [1.54, 1.807) is 20.1 Å². The number of hydrogen-bond donors (Lipinski definition) is 0. The third-order valence-electron chi connectivity index (χ3n) is 2.30. The first-order valence-electron chi connectivity index (χ1n) is 4.65. The summed E-state index contributed by atoms with van der Waals surface area (Å²) in [4.78, 5) is 13.5. The maximum atomic E-state index is 11.7. The summed E-state index contributed by atoms with van der Waals surface area (Å²) in [5.74, 6) is 0.0740. The Morgan fingerprint density at radius 3 is 2.77 bits per heavy atom. The Hall–Kier alpha value is -0.830. The van der Waals surface area contributed by atoms with Crippen molar-refractivity contribution in [1.82, 2.24) is 4.90 Å². The van der Waals surface area contributed by atoms with Crippen molar-refractivity contribution in [3.05, 3.63) is 12.7 Å². The zero-order valence-corrected chi connectivity index (χ0v) is 8.32. The summed E-state index contributed by atoms with van der Waals surface area (Å²) < 4.78 is 4.99. The van der Waals surface area contributed by atoms with E-state index in [-0.39, 0.29) is 12.0 Å². The quantitative estimate of drug-likeness (QED) is 0.599. The standard InChI is InChI=1S/C10H17NO2/c1-4-7-11(9-5-6-9)10(12)8(2)13-3/h4,8-9H,1,5-7H2,2-3H3. The van der Waals surface area contributed by atoms with Gasteiger partial charge in [-0.2, -0.15) is 0 Å². The summed E-state index contributed by atoms with van der Waals surface area (Å²) in [5, 5.41) is 0. The van der Waals surface area contributed by atoms with E-state index in [1.807, 2.05) is 4.90 Å². The van der Waals surface area contributed by atoms with Gasteiger partial charge in [-0.3, -0.25) is 4.79 Å². The molecule has 0 aromatic rings. The zero-order valence-electron chi connectivity index (χ0n) is 8.32. The number of carbonyl (C=O) groups excluding carboxylic acids is 1. The topological polar surface area (TPSA) is 29.5 Å². The van der Waals surface area contributed by atoms with Crippen LogP contribution in [0.2, 0.25) is 0 Å². The molecule has 1 aliphatic rings. The fourth-order valence-electron chi connectivity index (χ4n) is 1.28. The Labute approximate surface area is 79.4 Å². The van der Waals surface area contributed by atoms with Crippen LogP contribution in [0, 0.1) is 0 Å². The van der Waals surface area contributed by atoms with Crippen LogP contribution in [0.25, 0.3) is 0 Å². The first-order chi connectivity index (χ1) is 6.20. The second-order valence-electron chi connectivity index (χ2n) is 3.39. The lowest BCUT2D eigenvalue weighted by atomic mass is 10.3. The third kappa shape index (κ3) is 2.56. The van der Waals surface area contributed by atoms with Crippen LogP contribution in [0.4, 0.5) is 0 Å². The molecule has 0 bridgehead atoms. The van der Waals surface area contributed by atoms with E-state index >= 15 is 0 Å². The highest BCUT2D eigenvalue weighted by Crippen LogP contribution is 2.27. The van der Waals surface area contributed by atoms with Gasteiger partial charge in [0.1, 0.15) is 6.10 Å². The van der Waals surface area contributed by atoms with Crippen molar-refractivity contribution in [1.29, 1.82) is 0 Å². The average Bonchev–Trinajstić information content (AvgIpc) is 2.95. The highest BCUT2D eigenvalue weighted by Gasteiger charge is 2.33. The Balaban J connectivity index is 2.52. The van der Waals surface area contributed by atoms with Gasteiger partial charge in [-0.1, -0.05) is 6.08 Å². The number of nitrogens with zero attached hydrogens (tertiary/aromatic N) is 1. The number of hydrogen-bond acceptors (Lipinski definition) is 2. The Bertz CT molecular complexity index is 199. The minimum atomic E-state index is -0.333. The van der Waals surface area contributed by atoms with Crippen molar-refractivity contribution < 1.29 is 9.53 Å². The molecule has 13 heavy (non-hydrogen) atoms. The second-order valence-corrected chi connectivity index (χ2v) is 3.39. The number of methoxy groups -OCH3 is 1. The summed E-state index contributed by atoms with van der Waals surface area (Å²) in [5.41, 5.74) is 0. The molecular weight excluding hydrogens is 166 g/mol. The van der Waals surface area contributed by atoms with Gasteiger partial charge in [-0.25, -0.2) is 0 Å². The summed E-state index contributed by atoms with van der Waals surface area (Å²) in [7, 11) is 1.56. The highest BCUT2D eigenvalue weighted by atomic mass is 16.5. The fraction of sp³-hybridized carbons (Fsp3) is 0.700. The van der Waals surface area contributed by atoms with Gasteiger partial charge in [0.05, 0.1) is 0 Å². The van der Waals surface area contributed by atoms with Crippen LogP contribution < -0.4 is 0 Å². The Morgan fingerprint density at radius 1 is 1.77 bits per heavy atom. The van der Waals surface area contributed by atoms with Crippen molar-refractivity contribution in [2.24, 2.45) is 0 Å². The molecule has 1 atom stereocenters. The molecule has 1 saturated carbocycles. The van der Waals surface area contributed by atoms with Gasteiger partial charge in [0, 0.05) is 19.7 Å². The lowest BCUT2D eigenvalue weighted by molar-refractivity contribution is -0.140. The van der Waals surface area contributed by atoms with Crippen molar-refractivity contribution >= 4 is 5.91 Å². The van der Waals surface area contributed by atoms with E-state index in [9.17, 15) is 4.79 Å². The SMILES string of the molecule is C=CCN(C(=O)C(C)OC)C1CC1. The molecule has 0 aromatic carbocycles. The number of rotatable bonds is 5. The molecule has 3 heteroatoms. The normalized spacial score (nSPS) is 18.0. The maximum absolute atomic E-state index is 11.7. The lowest BCUT2D eigenvalue weighted by Crippen LogP contribution is -2.40. The van der Waals surface area contributed by atoms with Crippen LogP contribution in [-0.4, -0.2) is 36.6 Å². The summed E-state index contributed by atoms with van der Waals surface area (Å²) in [6.07, 6.45) is 3.67. The van der Waals surface area contributed by atoms with Gasteiger partial charge >= 0.3 is 0 Å². The average molecular weight is 183 g/mol. The summed E-state index contributed by atoms with van der Waals surface area (Å²) in [6, 6.07) is 0.433. The smallest absolute Gasteiger partial charge is 0.251 e. The van der Waals surface area contributed by atoms with Crippen LogP contribution in [0.15, 0.2) is 12.7 Å². The van der Waals surface area contributed by atoms with E-state index < -0.39 is 0 Å². The highest BCUT2D eigenvalue weighted by molar-refractivity contribution is 5.81. The summed E-state index contributed by atoms with van der Waals surface area (Å²) >= 11 is 0.